The predicted octanol–water partition coefficient (Wildman–Crippen LogP) is 3.92. The van der Waals surface area contributed by atoms with E-state index in [0.717, 1.165) is 11.8 Å². The highest BCUT2D eigenvalue weighted by Gasteiger charge is 2.19. The lowest BCUT2D eigenvalue weighted by atomic mass is 10.0. The third kappa shape index (κ3) is 4.92. The summed E-state index contributed by atoms with van der Waals surface area (Å²) in [6.45, 7) is -0.0516. The molecule has 0 spiro atoms. The van der Waals surface area contributed by atoms with Crippen LogP contribution in [-0.2, 0) is 4.79 Å². The van der Waals surface area contributed by atoms with Gasteiger partial charge in [-0.3, -0.25) is 9.59 Å². The number of aromatic hydroxyl groups is 2. The van der Waals surface area contributed by atoms with Crippen LogP contribution in [0.25, 0.3) is 22.5 Å². The molecule has 1 aromatic heterocycles. The van der Waals surface area contributed by atoms with E-state index in [1.54, 1.807) is 66.7 Å². The van der Waals surface area contributed by atoms with Gasteiger partial charge in [-0.15, -0.1) is 10.2 Å². The fraction of sp³-hybridized carbons (Fsp3) is 0.0800. The number of nitrogens with zero attached hydrogens (tertiary/aromatic N) is 3. The summed E-state index contributed by atoms with van der Waals surface area (Å²) in [5.41, 5.74) is 3.32. The van der Waals surface area contributed by atoms with Gasteiger partial charge in [0.25, 0.3) is 5.91 Å². The second-order valence-electron chi connectivity index (χ2n) is 7.64. The lowest BCUT2D eigenvalue weighted by molar-refractivity contribution is -0.118. The number of nitrogens with one attached hydrogen (secondary N) is 1. The molecule has 35 heavy (non-hydrogen) atoms. The van der Waals surface area contributed by atoms with E-state index in [1.165, 1.54) is 0 Å². The Morgan fingerprint density at radius 3 is 2.26 bits per heavy atom. The van der Waals surface area contributed by atoms with Gasteiger partial charge in [0.15, 0.2) is 12.4 Å². The van der Waals surface area contributed by atoms with E-state index in [9.17, 15) is 19.8 Å². The number of benzene rings is 3. The van der Waals surface area contributed by atoms with Crippen molar-refractivity contribution in [3.05, 3.63) is 72.3 Å². The van der Waals surface area contributed by atoms with Crippen LogP contribution in [0.5, 0.6) is 17.2 Å². The van der Waals surface area contributed by atoms with Crippen LogP contribution in [0, 0.1) is 0 Å². The van der Waals surface area contributed by atoms with Gasteiger partial charge in [0.2, 0.25) is 5.16 Å². The molecule has 0 radical (unpaired) electrons. The van der Waals surface area contributed by atoms with Crippen molar-refractivity contribution >= 4 is 29.1 Å². The first kappa shape index (κ1) is 22.4. The van der Waals surface area contributed by atoms with E-state index < -0.39 is 0 Å². The second-order valence-corrected chi connectivity index (χ2v) is 8.59. The van der Waals surface area contributed by atoms with Crippen molar-refractivity contribution < 1.29 is 24.5 Å². The number of fused-ring (bicyclic) bond motifs is 1. The molecule has 1 amide bonds. The number of amides is 1. The number of carbonyl (C=O) groups is 2. The van der Waals surface area contributed by atoms with Crippen LogP contribution in [0.3, 0.4) is 0 Å². The van der Waals surface area contributed by atoms with Gasteiger partial charge < -0.3 is 20.3 Å². The minimum atomic E-state index is -0.272. The molecule has 3 aromatic carbocycles. The molecule has 174 valence electrons. The average Bonchev–Trinajstić information content (AvgIpc) is 2.87. The number of hydrogen-bond acceptors (Lipinski definition) is 9. The first-order valence-corrected chi connectivity index (χ1v) is 11.5. The van der Waals surface area contributed by atoms with E-state index in [-0.39, 0.29) is 35.5 Å². The molecule has 1 aliphatic heterocycles. The summed E-state index contributed by atoms with van der Waals surface area (Å²) in [6, 6.07) is 17.9. The summed E-state index contributed by atoms with van der Waals surface area (Å²) in [5.74, 6) is 0.378. The van der Waals surface area contributed by atoms with E-state index >= 15 is 0 Å². The Labute approximate surface area is 203 Å². The zero-order chi connectivity index (χ0) is 24.4. The number of ketones is 1. The van der Waals surface area contributed by atoms with Crippen molar-refractivity contribution in [1.82, 2.24) is 15.2 Å². The predicted molar refractivity (Wildman–Crippen MR) is 130 cm³/mol. The molecule has 2 heterocycles. The number of phenols is 2. The van der Waals surface area contributed by atoms with Gasteiger partial charge in [-0.05, 0) is 66.7 Å². The second kappa shape index (κ2) is 9.43. The van der Waals surface area contributed by atoms with Crippen molar-refractivity contribution in [1.29, 1.82) is 0 Å². The van der Waals surface area contributed by atoms with Gasteiger partial charge in [-0.1, -0.05) is 11.8 Å². The summed E-state index contributed by atoms with van der Waals surface area (Å²) in [6.07, 6.45) is 0. The third-order valence-corrected chi connectivity index (χ3v) is 6.05. The Bertz CT molecular complexity index is 1430. The molecule has 0 atom stereocenters. The molecule has 9 nitrogen and oxygen atoms in total. The maximum Gasteiger partial charge on any atom is 0.262 e. The molecule has 0 saturated heterocycles. The van der Waals surface area contributed by atoms with Crippen LogP contribution in [-0.4, -0.2) is 49.4 Å². The van der Waals surface area contributed by atoms with Crippen molar-refractivity contribution in [2.24, 2.45) is 0 Å². The molecule has 5 rings (SSSR count). The highest BCUT2D eigenvalue weighted by atomic mass is 32.2. The number of anilines is 1. The Morgan fingerprint density at radius 2 is 1.57 bits per heavy atom. The maximum absolute atomic E-state index is 12.8. The lowest BCUT2D eigenvalue weighted by Gasteiger charge is -2.18. The minimum Gasteiger partial charge on any atom is -0.508 e. The molecule has 0 fully saturated rings. The Balaban J connectivity index is 1.40. The molecular weight excluding hydrogens is 468 g/mol. The fourth-order valence-electron chi connectivity index (χ4n) is 3.48. The standard InChI is InChI=1S/C25H18N4O5S/c30-17-6-1-14(2-7-17)23-24(15-3-8-18(31)9-4-15)28-29-25(27-23)35-13-20(32)16-5-10-21-19(11-16)26-22(33)12-34-21/h1-11,30-31H,12-13H2,(H,26,33). The molecule has 0 unspecified atom stereocenters. The van der Waals surface area contributed by atoms with Crippen LogP contribution in [0.2, 0.25) is 0 Å². The highest BCUT2D eigenvalue weighted by molar-refractivity contribution is 7.99. The molecule has 10 heteroatoms. The zero-order valence-electron chi connectivity index (χ0n) is 18.1. The Morgan fingerprint density at radius 1 is 0.914 bits per heavy atom. The van der Waals surface area contributed by atoms with Crippen molar-refractivity contribution in [2.75, 3.05) is 17.7 Å². The van der Waals surface area contributed by atoms with Gasteiger partial charge >= 0.3 is 0 Å². The van der Waals surface area contributed by atoms with Crippen molar-refractivity contribution in [3.8, 4) is 39.8 Å². The molecule has 0 saturated carbocycles. The van der Waals surface area contributed by atoms with E-state index in [4.69, 9.17) is 4.74 Å². The van der Waals surface area contributed by atoms with Gasteiger partial charge in [0, 0.05) is 16.7 Å². The van der Waals surface area contributed by atoms with Gasteiger partial charge in [-0.2, -0.15) is 0 Å². The van der Waals surface area contributed by atoms with E-state index in [0.29, 0.717) is 44.7 Å². The number of thioether (sulfide) groups is 1. The minimum absolute atomic E-state index is 0.0516. The van der Waals surface area contributed by atoms with Gasteiger partial charge in [0.05, 0.1) is 11.4 Å². The van der Waals surface area contributed by atoms with Gasteiger partial charge in [-0.25, -0.2) is 4.98 Å². The fourth-order valence-corrected chi connectivity index (χ4v) is 4.16. The molecular formula is C25H18N4O5S. The van der Waals surface area contributed by atoms with Crippen LogP contribution in [0.4, 0.5) is 5.69 Å². The normalized spacial score (nSPS) is 12.4. The zero-order valence-corrected chi connectivity index (χ0v) is 19.0. The average molecular weight is 487 g/mol. The topological polar surface area (TPSA) is 135 Å². The quantitative estimate of drug-likeness (QED) is 0.274. The number of phenolic OH excluding ortho intramolecular Hbond substituents is 2. The smallest absolute Gasteiger partial charge is 0.262 e. The van der Waals surface area contributed by atoms with Crippen LogP contribution >= 0.6 is 11.8 Å². The molecule has 0 bridgehead atoms. The molecule has 1 aliphatic rings. The molecule has 3 N–H and O–H groups in total. The number of carbonyl (C=O) groups excluding carboxylic acids is 2. The maximum atomic E-state index is 12.8. The molecule has 4 aromatic rings. The summed E-state index contributed by atoms with van der Waals surface area (Å²) in [4.78, 5) is 29.0. The third-order valence-electron chi connectivity index (χ3n) is 5.22. The first-order valence-electron chi connectivity index (χ1n) is 10.5. The van der Waals surface area contributed by atoms with Gasteiger partial charge in [0.1, 0.15) is 28.6 Å². The number of rotatable bonds is 6. The number of ether oxygens (including phenoxy) is 1. The summed E-state index contributed by atoms with van der Waals surface area (Å²) in [5, 5.41) is 30.8. The monoisotopic (exact) mass is 486 g/mol. The number of aromatic nitrogens is 3. The largest absolute Gasteiger partial charge is 0.508 e. The van der Waals surface area contributed by atoms with Crippen LogP contribution in [0.1, 0.15) is 10.4 Å². The summed E-state index contributed by atoms with van der Waals surface area (Å²) in [7, 11) is 0. The summed E-state index contributed by atoms with van der Waals surface area (Å²) >= 11 is 1.14. The van der Waals surface area contributed by atoms with Crippen molar-refractivity contribution in [2.45, 2.75) is 5.16 Å². The number of Topliss-reactive ketones (excluding diaryl/α,β-unsaturated/α-hetero) is 1. The SMILES string of the molecule is O=C1COc2ccc(C(=O)CSc3nnc(-c4ccc(O)cc4)c(-c4ccc(O)cc4)n3)cc2N1. The van der Waals surface area contributed by atoms with Crippen LogP contribution in [0.15, 0.2) is 71.9 Å². The number of hydrogen-bond donors (Lipinski definition) is 3. The molecule has 0 aliphatic carbocycles. The van der Waals surface area contributed by atoms with E-state index in [1.807, 2.05) is 0 Å². The highest BCUT2D eigenvalue weighted by Crippen LogP contribution is 2.32. The van der Waals surface area contributed by atoms with Crippen molar-refractivity contribution in [3.63, 3.8) is 0 Å². The Hall–Kier alpha value is -4.44. The Kier molecular flexibility index (Phi) is 6.02. The lowest BCUT2D eigenvalue weighted by Crippen LogP contribution is -2.25. The van der Waals surface area contributed by atoms with Crippen LogP contribution < -0.4 is 10.1 Å². The summed E-state index contributed by atoms with van der Waals surface area (Å²) < 4.78 is 5.33. The first-order chi connectivity index (χ1) is 17.0. The van der Waals surface area contributed by atoms with E-state index in [2.05, 4.69) is 20.5 Å².